The van der Waals surface area contributed by atoms with Crippen LogP contribution in [0.2, 0.25) is 0 Å². The van der Waals surface area contributed by atoms with Crippen molar-refractivity contribution < 1.29 is 18.3 Å². The van der Waals surface area contributed by atoms with Crippen LogP contribution in [-0.4, -0.2) is 25.3 Å². The maximum Gasteiger partial charge on any atom is 0.344 e. The lowest BCUT2D eigenvalue weighted by molar-refractivity contribution is 0.0968. The second kappa shape index (κ2) is 8.48. The van der Waals surface area contributed by atoms with Crippen molar-refractivity contribution in [3.63, 3.8) is 0 Å². The third-order valence-electron chi connectivity index (χ3n) is 5.78. The van der Waals surface area contributed by atoms with E-state index in [1.54, 1.807) is 19.2 Å². The first-order chi connectivity index (χ1) is 15.6. The lowest BCUT2D eigenvalue weighted by Crippen LogP contribution is -2.33. The molecule has 0 saturated heterocycles. The van der Waals surface area contributed by atoms with E-state index in [1.165, 1.54) is 12.1 Å². The number of ether oxygens (including phenoxy) is 2. The summed E-state index contributed by atoms with van der Waals surface area (Å²) in [7, 11) is 1.60. The highest BCUT2D eigenvalue weighted by atomic mass is 19.1. The Balaban J connectivity index is 1.42. The van der Waals surface area contributed by atoms with Crippen molar-refractivity contribution in [1.82, 2.24) is 4.90 Å². The van der Waals surface area contributed by atoms with E-state index in [0.29, 0.717) is 24.4 Å². The molecular formula is C26H22FNO4. The van der Waals surface area contributed by atoms with Crippen LogP contribution in [0.4, 0.5) is 4.39 Å². The van der Waals surface area contributed by atoms with Gasteiger partial charge < -0.3 is 13.9 Å². The molecule has 162 valence electrons. The van der Waals surface area contributed by atoms with E-state index in [0.717, 1.165) is 46.5 Å². The highest BCUT2D eigenvalue weighted by Gasteiger charge is 2.22. The van der Waals surface area contributed by atoms with Crippen LogP contribution < -0.4 is 15.1 Å². The molecular weight excluding hydrogens is 409 g/mol. The molecule has 0 N–H and O–H groups in total. The van der Waals surface area contributed by atoms with Crippen molar-refractivity contribution in [2.45, 2.75) is 13.0 Å². The third-order valence-corrected chi connectivity index (χ3v) is 5.78. The van der Waals surface area contributed by atoms with Crippen LogP contribution in [0, 0.1) is 5.82 Å². The van der Waals surface area contributed by atoms with E-state index in [-0.39, 0.29) is 11.4 Å². The van der Waals surface area contributed by atoms with Gasteiger partial charge in [0.1, 0.15) is 29.6 Å². The van der Waals surface area contributed by atoms with Crippen LogP contribution in [0.25, 0.3) is 22.1 Å². The molecule has 0 amide bonds. The monoisotopic (exact) mass is 431 g/mol. The summed E-state index contributed by atoms with van der Waals surface area (Å²) in [5.41, 5.74) is 3.37. The summed E-state index contributed by atoms with van der Waals surface area (Å²) in [5, 5.41) is 0.846. The number of methoxy groups -OCH3 is 1. The van der Waals surface area contributed by atoms with Gasteiger partial charge in [-0.15, -0.1) is 0 Å². The molecule has 0 bridgehead atoms. The molecule has 1 aliphatic rings. The highest BCUT2D eigenvalue weighted by Crippen LogP contribution is 2.33. The number of rotatable bonds is 5. The van der Waals surface area contributed by atoms with Crippen molar-refractivity contribution in [3.05, 3.63) is 94.1 Å². The minimum atomic E-state index is -0.389. The summed E-state index contributed by atoms with van der Waals surface area (Å²) < 4.78 is 30.0. The molecule has 0 unspecified atom stereocenters. The zero-order chi connectivity index (χ0) is 22.1. The van der Waals surface area contributed by atoms with Crippen molar-refractivity contribution in [2.75, 3.05) is 20.4 Å². The van der Waals surface area contributed by atoms with E-state index in [4.69, 9.17) is 13.9 Å². The molecule has 5 rings (SSSR count). The Morgan fingerprint density at radius 3 is 2.56 bits per heavy atom. The van der Waals surface area contributed by atoms with Crippen LogP contribution in [0.5, 0.6) is 11.5 Å². The van der Waals surface area contributed by atoms with Crippen LogP contribution in [0.3, 0.4) is 0 Å². The zero-order valence-electron chi connectivity index (χ0n) is 17.6. The van der Waals surface area contributed by atoms with E-state index >= 15 is 0 Å². The fourth-order valence-electron chi connectivity index (χ4n) is 3.99. The van der Waals surface area contributed by atoms with E-state index in [2.05, 4.69) is 4.90 Å². The number of hydrogen-bond donors (Lipinski definition) is 0. The first-order valence-electron chi connectivity index (χ1n) is 10.4. The Morgan fingerprint density at radius 2 is 1.81 bits per heavy atom. The second-order valence-electron chi connectivity index (χ2n) is 7.84. The SMILES string of the molecule is COc1ccc(-c2cc3ccc4c(c3oc2=O)CN(CCc2ccc(F)cc2)CO4)cc1. The van der Waals surface area contributed by atoms with Gasteiger partial charge in [0.15, 0.2) is 0 Å². The van der Waals surface area contributed by atoms with Crippen LogP contribution in [0.15, 0.2) is 75.9 Å². The Morgan fingerprint density at radius 1 is 1.03 bits per heavy atom. The fourth-order valence-corrected chi connectivity index (χ4v) is 3.99. The zero-order valence-corrected chi connectivity index (χ0v) is 17.6. The summed E-state index contributed by atoms with van der Waals surface area (Å²) in [6, 6.07) is 19.6. The van der Waals surface area contributed by atoms with Gasteiger partial charge in [-0.1, -0.05) is 24.3 Å². The van der Waals surface area contributed by atoms with E-state index in [9.17, 15) is 9.18 Å². The Bertz CT molecular complexity index is 1310. The Hall–Kier alpha value is -3.64. The summed E-state index contributed by atoms with van der Waals surface area (Å²) >= 11 is 0. The van der Waals surface area contributed by atoms with Gasteiger partial charge in [0.05, 0.1) is 18.2 Å². The molecule has 4 aromatic rings. The normalized spacial score (nSPS) is 13.6. The summed E-state index contributed by atoms with van der Waals surface area (Å²) in [6.07, 6.45) is 0.773. The molecule has 0 spiro atoms. The molecule has 0 atom stereocenters. The van der Waals surface area contributed by atoms with Crippen LogP contribution in [0.1, 0.15) is 11.1 Å². The molecule has 6 heteroatoms. The molecule has 0 saturated carbocycles. The van der Waals surface area contributed by atoms with Gasteiger partial charge in [-0.25, -0.2) is 9.18 Å². The van der Waals surface area contributed by atoms with Crippen molar-refractivity contribution >= 4 is 11.0 Å². The number of halogens is 1. The largest absolute Gasteiger partial charge is 0.497 e. The second-order valence-corrected chi connectivity index (χ2v) is 7.84. The average Bonchev–Trinajstić information content (AvgIpc) is 2.83. The average molecular weight is 431 g/mol. The maximum absolute atomic E-state index is 13.1. The van der Waals surface area contributed by atoms with Crippen molar-refractivity contribution in [3.8, 4) is 22.6 Å². The van der Waals surface area contributed by atoms with Gasteiger partial charge in [0.2, 0.25) is 0 Å². The van der Waals surface area contributed by atoms with Gasteiger partial charge in [0.25, 0.3) is 0 Å². The molecule has 2 heterocycles. The molecule has 0 fully saturated rings. The number of nitrogens with zero attached hydrogens (tertiary/aromatic N) is 1. The molecule has 0 aliphatic carbocycles. The smallest absolute Gasteiger partial charge is 0.344 e. The number of hydrogen-bond acceptors (Lipinski definition) is 5. The van der Waals surface area contributed by atoms with Gasteiger partial charge in [-0.2, -0.15) is 0 Å². The van der Waals surface area contributed by atoms with E-state index in [1.807, 2.05) is 42.5 Å². The van der Waals surface area contributed by atoms with Crippen molar-refractivity contribution in [2.24, 2.45) is 0 Å². The lowest BCUT2D eigenvalue weighted by Gasteiger charge is -2.29. The minimum absolute atomic E-state index is 0.237. The van der Waals surface area contributed by atoms with Crippen molar-refractivity contribution in [1.29, 1.82) is 0 Å². The quantitative estimate of drug-likeness (QED) is 0.416. The van der Waals surface area contributed by atoms with Gasteiger partial charge >= 0.3 is 5.63 Å². The third kappa shape index (κ3) is 3.97. The Labute approximate surface area is 184 Å². The summed E-state index contributed by atoms with van der Waals surface area (Å²) in [6.45, 7) is 1.81. The standard InChI is InChI=1S/C26H22FNO4/c1-30-21-9-4-18(5-10-21)22-14-19-6-11-24-23(25(19)32-26(22)29)15-28(16-31-24)13-12-17-2-7-20(27)8-3-17/h2-11,14H,12-13,15-16H2,1H3. The van der Waals surface area contributed by atoms with Gasteiger partial charge in [-0.05, 0) is 60.0 Å². The predicted molar refractivity (Wildman–Crippen MR) is 120 cm³/mol. The first kappa shape index (κ1) is 20.3. The summed E-state index contributed by atoms with van der Waals surface area (Å²) in [4.78, 5) is 15.0. The topological polar surface area (TPSA) is 51.9 Å². The number of benzene rings is 3. The molecule has 5 nitrogen and oxygen atoms in total. The lowest BCUT2D eigenvalue weighted by atomic mass is 10.0. The minimum Gasteiger partial charge on any atom is -0.497 e. The molecule has 32 heavy (non-hydrogen) atoms. The molecule has 0 radical (unpaired) electrons. The van der Waals surface area contributed by atoms with Gasteiger partial charge in [0, 0.05) is 18.5 Å². The predicted octanol–water partition coefficient (Wildman–Crippen LogP) is 5.00. The summed E-state index contributed by atoms with van der Waals surface area (Å²) in [5.74, 6) is 1.22. The molecule has 1 aromatic heterocycles. The van der Waals surface area contributed by atoms with Crippen LogP contribution >= 0.6 is 0 Å². The van der Waals surface area contributed by atoms with E-state index < -0.39 is 0 Å². The first-order valence-corrected chi connectivity index (χ1v) is 10.4. The molecule has 1 aliphatic heterocycles. The Kier molecular flexibility index (Phi) is 5.37. The highest BCUT2D eigenvalue weighted by molar-refractivity contribution is 5.86. The van der Waals surface area contributed by atoms with Crippen LogP contribution in [-0.2, 0) is 13.0 Å². The maximum atomic E-state index is 13.1. The van der Waals surface area contributed by atoms with Gasteiger partial charge in [-0.3, -0.25) is 4.90 Å². The molecule has 3 aromatic carbocycles. The number of fused-ring (bicyclic) bond motifs is 3. The fraction of sp³-hybridized carbons (Fsp3) is 0.192.